The van der Waals surface area contributed by atoms with Gasteiger partial charge in [-0.3, -0.25) is 0 Å². The first-order valence-electron chi connectivity index (χ1n) is 7.13. The largest absolute Gasteiger partial charge is 0.476 e. The monoisotopic (exact) mass is 299 g/mol. The SMILES string of the molecule is CCOCc1nc(Cl)cc(OCC2CCCCN2C)n1. The van der Waals surface area contributed by atoms with Crippen molar-refractivity contribution in [2.75, 3.05) is 26.8 Å². The molecule has 0 saturated carbocycles. The molecule has 20 heavy (non-hydrogen) atoms. The Balaban J connectivity index is 1.92. The number of hydrogen-bond donors (Lipinski definition) is 0. The number of nitrogens with zero attached hydrogens (tertiary/aromatic N) is 3. The number of piperidine rings is 1. The second kappa shape index (κ2) is 7.76. The van der Waals surface area contributed by atoms with Crippen molar-refractivity contribution < 1.29 is 9.47 Å². The van der Waals surface area contributed by atoms with Crippen molar-refractivity contribution in [2.45, 2.75) is 38.8 Å². The molecule has 1 aromatic rings. The molecule has 1 atom stereocenters. The number of ether oxygens (including phenoxy) is 2. The molecule has 1 unspecified atom stereocenters. The van der Waals surface area contributed by atoms with Gasteiger partial charge in [-0.15, -0.1) is 0 Å². The van der Waals surface area contributed by atoms with E-state index in [2.05, 4.69) is 21.9 Å². The molecular formula is C14H22ClN3O2. The van der Waals surface area contributed by atoms with Gasteiger partial charge in [-0.25, -0.2) is 4.98 Å². The quantitative estimate of drug-likeness (QED) is 0.756. The summed E-state index contributed by atoms with van der Waals surface area (Å²) in [6.45, 7) is 4.68. The van der Waals surface area contributed by atoms with Crippen molar-refractivity contribution in [3.8, 4) is 5.88 Å². The molecule has 0 N–H and O–H groups in total. The Kier molecular flexibility index (Phi) is 6.01. The highest BCUT2D eigenvalue weighted by Gasteiger charge is 2.19. The number of likely N-dealkylation sites (N-methyl/N-ethyl adjacent to an activating group) is 1. The highest BCUT2D eigenvalue weighted by atomic mass is 35.5. The Morgan fingerprint density at radius 1 is 1.40 bits per heavy atom. The first-order chi connectivity index (χ1) is 9.69. The Hall–Kier alpha value is -0.910. The average Bonchev–Trinajstić information content (AvgIpc) is 2.44. The molecule has 5 nitrogen and oxygen atoms in total. The van der Waals surface area contributed by atoms with Crippen LogP contribution < -0.4 is 4.74 Å². The van der Waals surface area contributed by atoms with E-state index in [1.165, 1.54) is 19.3 Å². The lowest BCUT2D eigenvalue weighted by atomic mass is 10.0. The first-order valence-corrected chi connectivity index (χ1v) is 7.51. The lowest BCUT2D eigenvalue weighted by Gasteiger charge is -2.31. The van der Waals surface area contributed by atoms with Crippen molar-refractivity contribution in [1.82, 2.24) is 14.9 Å². The normalized spacial score (nSPS) is 20.1. The molecule has 0 bridgehead atoms. The van der Waals surface area contributed by atoms with Gasteiger partial charge in [0.2, 0.25) is 5.88 Å². The van der Waals surface area contributed by atoms with Gasteiger partial charge in [0.1, 0.15) is 18.4 Å². The van der Waals surface area contributed by atoms with E-state index >= 15 is 0 Å². The Labute approximate surface area is 125 Å². The van der Waals surface area contributed by atoms with Crippen molar-refractivity contribution in [3.05, 3.63) is 17.0 Å². The van der Waals surface area contributed by atoms with Crippen LogP contribution in [0.3, 0.4) is 0 Å². The summed E-state index contributed by atoms with van der Waals surface area (Å²) < 4.78 is 11.1. The molecule has 0 radical (unpaired) electrons. The van der Waals surface area contributed by atoms with E-state index in [0.29, 0.717) is 42.7 Å². The summed E-state index contributed by atoms with van der Waals surface area (Å²) >= 11 is 5.98. The molecule has 1 fully saturated rings. The van der Waals surface area contributed by atoms with Crippen LogP contribution in [0.25, 0.3) is 0 Å². The second-order valence-electron chi connectivity index (χ2n) is 5.02. The number of likely N-dealkylation sites (tertiary alicyclic amines) is 1. The van der Waals surface area contributed by atoms with Crippen LogP contribution in [0.1, 0.15) is 32.0 Å². The lowest BCUT2D eigenvalue weighted by Crippen LogP contribution is -2.40. The van der Waals surface area contributed by atoms with Crippen LogP contribution in [0.4, 0.5) is 0 Å². The number of rotatable bonds is 6. The molecule has 2 rings (SSSR count). The highest BCUT2D eigenvalue weighted by Crippen LogP contribution is 2.18. The first kappa shape index (κ1) is 15.5. The van der Waals surface area contributed by atoms with Crippen molar-refractivity contribution in [2.24, 2.45) is 0 Å². The fraction of sp³-hybridized carbons (Fsp3) is 0.714. The Bertz CT molecular complexity index is 431. The third-order valence-electron chi connectivity index (χ3n) is 3.50. The standard InChI is InChI=1S/C14H22ClN3O2/c1-3-19-10-13-16-12(15)8-14(17-13)20-9-11-6-4-5-7-18(11)2/h8,11H,3-7,9-10H2,1-2H3. The Morgan fingerprint density at radius 2 is 2.25 bits per heavy atom. The highest BCUT2D eigenvalue weighted by molar-refractivity contribution is 6.29. The third kappa shape index (κ3) is 4.58. The van der Waals surface area contributed by atoms with E-state index in [1.54, 1.807) is 6.07 Å². The minimum absolute atomic E-state index is 0.358. The maximum Gasteiger partial charge on any atom is 0.218 e. The zero-order valence-corrected chi connectivity index (χ0v) is 12.9. The molecule has 2 heterocycles. The van der Waals surface area contributed by atoms with Crippen LogP contribution >= 0.6 is 11.6 Å². The van der Waals surface area contributed by atoms with Crippen LogP contribution in [0.2, 0.25) is 5.15 Å². The molecule has 0 spiro atoms. The summed E-state index contributed by atoms with van der Waals surface area (Å²) in [5, 5.41) is 0.390. The fourth-order valence-electron chi connectivity index (χ4n) is 2.31. The zero-order chi connectivity index (χ0) is 14.4. The van der Waals surface area contributed by atoms with Crippen LogP contribution in [-0.2, 0) is 11.3 Å². The summed E-state index contributed by atoms with van der Waals surface area (Å²) in [6, 6.07) is 2.10. The van der Waals surface area contributed by atoms with E-state index in [4.69, 9.17) is 21.1 Å². The second-order valence-corrected chi connectivity index (χ2v) is 5.41. The third-order valence-corrected chi connectivity index (χ3v) is 3.69. The van der Waals surface area contributed by atoms with Crippen molar-refractivity contribution in [3.63, 3.8) is 0 Å². The van der Waals surface area contributed by atoms with Gasteiger partial charge >= 0.3 is 0 Å². The lowest BCUT2D eigenvalue weighted by molar-refractivity contribution is 0.117. The topological polar surface area (TPSA) is 47.5 Å². The van der Waals surface area contributed by atoms with E-state index in [-0.39, 0.29) is 0 Å². The van der Waals surface area contributed by atoms with Gasteiger partial charge in [-0.1, -0.05) is 18.0 Å². The fourth-order valence-corrected chi connectivity index (χ4v) is 2.50. The van der Waals surface area contributed by atoms with Crippen LogP contribution in [0.5, 0.6) is 5.88 Å². The molecule has 1 aliphatic rings. The van der Waals surface area contributed by atoms with E-state index in [9.17, 15) is 0 Å². The maximum absolute atomic E-state index is 5.98. The molecular weight excluding hydrogens is 278 g/mol. The molecule has 112 valence electrons. The van der Waals surface area contributed by atoms with E-state index in [0.717, 1.165) is 6.54 Å². The smallest absolute Gasteiger partial charge is 0.218 e. The van der Waals surface area contributed by atoms with Gasteiger partial charge in [0.25, 0.3) is 0 Å². The molecule has 1 aromatic heterocycles. The molecule has 0 amide bonds. The van der Waals surface area contributed by atoms with Gasteiger partial charge in [0.05, 0.1) is 0 Å². The predicted octanol–water partition coefficient (Wildman–Crippen LogP) is 2.53. The van der Waals surface area contributed by atoms with Gasteiger partial charge in [-0.2, -0.15) is 4.98 Å². The van der Waals surface area contributed by atoms with E-state index < -0.39 is 0 Å². The maximum atomic E-state index is 5.98. The van der Waals surface area contributed by atoms with Crippen molar-refractivity contribution >= 4 is 11.6 Å². The van der Waals surface area contributed by atoms with E-state index in [1.807, 2.05) is 6.92 Å². The molecule has 1 aliphatic heterocycles. The summed E-state index contributed by atoms with van der Waals surface area (Å²) in [4.78, 5) is 10.8. The molecule has 1 saturated heterocycles. The van der Waals surface area contributed by atoms with Gasteiger partial charge in [0.15, 0.2) is 5.82 Å². The van der Waals surface area contributed by atoms with Crippen LogP contribution in [0, 0.1) is 0 Å². The van der Waals surface area contributed by atoms with Crippen LogP contribution in [-0.4, -0.2) is 47.7 Å². The molecule has 0 aromatic carbocycles. The summed E-state index contributed by atoms with van der Waals surface area (Å²) in [7, 11) is 2.14. The van der Waals surface area contributed by atoms with Crippen molar-refractivity contribution in [1.29, 1.82) is 0 Å². The minimum atomic E-state index is 0.358. The minimum Gasteiger partial charge on any atom is -0.476 e. The summed E-state index contributed by atoms with van der Waals surface area (Å²) in [6.07, 6.45) is 3.70. The number of aromatic nitrogens is 2. The Morgan fingerprint density at radius 3 is 3.00 bits per heavy atom. The predicted molar refractivity (Wildman–Crippen MR) is 78.1 cm³/mol. The summed E-state index contributed by atoms with van der Waals surface area (Å²) in [5.74, 6) is 1.09. The van der Waals surface area contributed by atoms with Crippen LogP contribution in [0.15, 0.2) is 6.07 Å². The molecule has 0 aliphatic carbocycles. The van der Waals surface area contributed by atoms with Gasteiger partial charge in [0, 0.05) is 18.7 Å². The van der Waals surface area contributed by atoms with Gasteiger partial charge < -0.3 is 14.4 Å². The number of halogens is 1. The molecule has 6 heteroatoms. The number of hydrogen-bond acceptors (Lipinski definition) is 5. The van der Waals surface area contributed by atoms with Gasteiger partial charge in [-0.05, 0) is 33.4 Å². The summed E-state index contributed by atoms with van der Waals surface area (Å²) in [5.41, 5.74) is 0. The average molecular weight is 300 g/mol. The zero-order valence-electron chi connectivity index (χ0n) is 12.1.